The molecule has 3 nitrogen and oxygen atoms in total. The molecule has 0 aliphatic carbocycles. The normalized spacial score (nSPS) is 38.6. The quantitative estimate of drug-likeness (QED) is 0.725. The van der Waals surface area contributed by atoms with E-state index < -0.39 is 12.2 Å². The molecule has 1 heterocycles. The van der Waals surface area contributed by atoms with Crippen molar-refractivity contribution in [3.05, 3.63) is 0 Å². The summed E-state index contributed by atoms with van der Waals surface area (Å²) in [5.74, 6) is 0. The molecule has 0 spiro atoms. The van der Waals surface area contributed by atoms with Crippen LogP contribution in [0.15, 0.2) is 0 Å². The molecule has 0 bridgehead atoms. The molecule has 0 unspecified atom stereocenters. The Bertz CT molecular complexity index is 161. The summed E-state index contributed by atoms with van der Waals surface area (Å²) in [6.45, 7) is 4.17. The number of aliphatic hydroxyl groups is 2. The fourth-order valence-electron chi connectivity index (χ4n) is 2.07. The van der Waals surface area contributed by atoms with Crippen LogP contribution >= 0.6 is 0 Å². The fourth-order valence-corrected chi connectivity index (χ4v) is 2.07. The van der Waals surface area contributed by atoms with E-state index in [0.29, 0.717) is 6.42 Å². The first kappa shape index (κ1) is 12.0. The molecule has 14 heavy (non-hydrogen) atoms. The van der Waals surface area contributed by atoms with E-state index in [9.17, 15) is 10.2 Å². The van der Waals surface area contributed by atoms with Crippen molar-refractivity contribution in [2.45, 2.75) is 70.4 Å². The highest BCUT2D eigenvalue weighted by atomic mass is 16.5. The predicted octanol–water partition coefficient (Wildman–Crippen LogP) is 1.47. The molecule has 2 N–H and O–H groups in total. The maximum Gasteiger partial charge on any atom is 0.106 e. The molecular weight excluding hydrogens is 180 g/mol. The van der Waals surface area contributed by atoms with Crippen LogP contribution in [0.25, 0.3) is 0 Å². The van der Waals surface area contributed by atoms with Gasteiger partial charge in [-0.25, -0.2) is 0 Å². The van der Waals surface area contributed by atoms with Gasteiger partial charge in [-0.2, -0.15) is 0 Å². The van der Waals surface area contributed by atoms with E-state index >= 15 is 0 Å². The molecule has 0 radical (unpaired) electrons. The first-order chi connectivity index (χ1) is 6.69. The van der Waals surface area contributed by atoms with E-state index in [1.165, 1.54) is 0 Å². The lowest BCUT2D eigenvalue weighted by Gasteiger charge is -2.37. The lowest BCUT2D eigenvalue weighted by molar-refractivity contribution is -0.171. The third kappa shape index (κ3) is 2.94. The molecule has 0 saturated carbocycles. The first-order valence-electron chi connectivity index (χ1n) is 5.70. The van der Waals surface area contributed by atoms with E-state index in [1.54, 1.807) is 0 Å². The zero-order valence-corrected chi connectivity index (χ0v) is 9.15. The van der Waals surface area contributed by atoms with E-state index in [-0.39, 0.29) is 12.2 Å². The van der Waals surface area contributed by atoms with Gasteiger partial charge in [0.2, 0.25) is 0 Å². The summed E-state index contributed by atoms with van der Waals surface area (Å²) in [4.78, 5) is 0. The van der Waals surface area contributed by atoms with Gasteiger partial charge in [-0.3, -0.25) is 0 Å². The van der Waals surface area contributed by atoms with Crippen LogP contribution in [0.3, 0.4) is 0 Å². The van der Waals surface area contributed by atoms with Crippen molar-refractivity contribution in [1.82, 2.24) is 0 Å². The minimum absolute atomic E-state index is 0.134. The Morgan fingerprint density at radius 3 is 2.36 bits per heavy atom. The second kappa shape index (κ2) is 5.69. The van der Waals surface area contributed by atoms with E-state index in [1.807, 2.05) is 0 Å². The van der Waals surface area contributed by atoms with Crippen LogP contribution in [-0.2, 0) is 4.74 Å². The molecular formula is C11H22O3. The van der Waals surface area contributed by atoms with Crippen molar-refractivity contribution in [3.8, 4) is 0 Å². The van der Waals surface area contributed by atoms with E-state index in [0.717, 1.165) is 25.7 Å². The monoisotopic (exact) mass is 202 g/mol. The van der Waals surface area contributed by atoms with Gasteiger partial charge in [0.25, 0.3) is 0 Å². The van der Waals surface area contributed by atoms with Crippen LogP contribution in [-0.4, -0.2) is 34.6 Å². The van der Waals surface area contributed by atoms with E-state index in [2.05, 4.69) is 13.8 Å². The van der Waals surface area contributed by atoms with Crippen LogP contribution in [0.5, 0.6) is 0 Å². The molecule has 4 atom stereocenters. The average molecular weight is 202 g/mol. The lowest BCUT2D eigenvalue weighted by atomic mass is 9.93. The standard InChI is InChI=1S/C11H22O3/c1-3-5-8-7-9(12)11(13)10(14-8)6-4-2/h8-13H,3-7H2,1-2H3/t8-,9-,10+,11-/m1/s1. The maximum absolute atomic E-state index is 9.68. The zero-order valence-electron chi connectivity index (χ0n) is 9.15. The molecule has 3 heteroatoms. The second-order valence-electron chi connectivity index (χ2n) is 4.17. The van der Waals surface area contributed by atoms with Gasteiger partial charge in [0.15, 0.2) is 0 Å². The van der Waals surface area contributed by atoms with Crippen molar-refractivity contribution in [3.63, 3.8) is 0 Å². The Kier molecular flexibility index (Phi) is 4.85. The molecule has 0 aromatic heterocycles. The highest BCUT2D eigenvalue weighted by Crippen LogP contribution is 2.25. The molecule has 1 saturated heterocycles. The molecule has 1 aliphatic rings. The van der Waals surface area contributed by atoms with Crippen LogP contribution < -0.4 is 0 Å². The summed E-state index contributed by atoms with van der Waals surface area (Å²) in [5.41, 5.74) is 0. The summed E-state index contributed by atoms with van der Waals surface area (Å²) in [7, 11) is 0. The van der Waals surface area contributed by atoms with Crippen LogP contribution in [0.2, 0.25) is 0 Å². The van der Waals surface area contributed by atoms with Crippen molar-refractivity contribution in [2.75, 3.05) is 0 Å². The van der Waals surface area contributed by atoms with Gasteiger partial charge in [0.05, 0.1) is 18.3 Å². The fraction of sp³-hybridized carbons (Fsp3) is 1.00. The summed E-state index contributed by atoms with van der Waals surface area (Å²) >= 11 is 0. The molecule has 1 rings (SSSR count). The molecule has 0 amide bonds. The van der Waals surface area contributed by atoms with Gasteiger partial charge in [0, 0.05) is 6.42 Å². The summed E-state index contributed by atoms with van der Waals surface area (Å²) in [6, 6.07) is 0. The Morgan fingerprint density at radius 1 is 1.14 bits per heavy atom. The van der Waals surface area contributed by atoms with Crippen molar-refractivity contribution < 1.29 is 14.9 Å². The second-order valence-corrected chi connectivity index (χ2v) is 4.17. The number of ether oxygens (including phenoxy) is 1. The number of hydrogen-bond donors (Lipinski definition) is 2. The van der Waals surface area contributed by atoms with Crippen LogP contribution in [0.1, 0.15) is 46.0 Å². The van der Waals surface area contributed by atoms with Gasteiger partial charge in [-0.15, -0.1) is 0 Å². The SMILES string of the molecule is CCC[C@@H]1C[C@@H](O)[C@@H](O)[C@H](CCC)O1. The van der Waals surface area contributed by atoms with Crippen LogP contribution in [0, 0.1) is 0 Å². The molecule has 0 aromatic rings. The Balaban J connectivity index is 2.47. The number of aliphatic hydroxyl groups excluding tert-OH is 2. The van der Waals surface area contributed by atoms with Crippen molar-refractivity contribution in [2.24, 2.45) is 0 Å². The molecule has 1 fully saturated rings. The largest absolute Gasteiger partial charge is 0.390 e. The van der Waals surface area contributed by atoms with Crippen molar-refractivity contribution >= 4 is 0 Å². The lowest BCUT2D eigenvalue weighted by Crippen LogP contribution is -2.48. The van der Waals surface area contributed by atoms with E-state index in [4.69, 9.17) is 4.74 Å². The molecule has 1 aliphatic heterocycles. The summed E-state index contributed by atoms with van der Waals surface area (Å²) in [5, 5.41) is 19.3. The van der Waals surface area contributed by atoms with Gasteiger partial charge >= 0.3 is 0 Å². The van der Waals surface area contributed by atoms with Crippen LogP contribution in [0.4, 0.5) is 0 Å². The Morgan fingerprint density at radius 2 is 1.79 bits per heavy atom. The summed E-state index contributed by atoms with van der Waals surface area (Å²) in [6.07, 6.45) is 3.10. The van der Waals surface area contributed by atoms with Gasteiger partial charge < -0.3 is 14.9 Å². The van der Waals surface area contributed by atoms with Gasteiger partial charge in [0.1, 0.15) is 6.10 Å². The maximum atomic E-state index is 9.68. The molecule has 0 aromatic carbocycles. The minimum atomic E-state index is -0.692. The Labute approximate surface area is 86.1 Å². The third-order valence-corrected chi connectivity index (χ3v) is 2.83. The highest BCUT2D eigenvalue weighted by Gasteiger charge is 2.35. The van der Waals surface area contributed by atoms with Gasteiger partial charge in [-0.1, -0.05) is 26.7 Å². The summed E-state index contributed by atoms with van der Waals surface area (Å²) < 4.78 is 5.74. The molecule has 84 valence electrons. The smallest absolute Gasteiger partial charge is 0.106 e. The first-order valence-corrected chi connectivity index (χ1v) is 5.70. The van der Waals surface area contributed by atoms with Crippen molar-refractivity contribution in [1.29, 1.82) is 0 Å². The third-order valence-electron chi connectivity index (χ3n) is 2.83. The highest BCUT2D eigenvalue weighted by molar-refractivity contribution is 4.84. The van der Waals surface area contributed by atoms with Gasteiger partial charge in [-0.05, 0) is 12.8 Å². The zero-order chi connectivity index (χ0) is 10.6. The minimum Gasteiger partial charge on any atom is -0.390 e. The number of hydrogen-bond acceptors (Lipinski definition) is 3. The predicted molar refractivity (Wildman–Crippen MR) is 55.1 cm³/mol. The average Bonchev–Trinajstić information content (AvgIpc) is 2.14. The number of rotatable bonds is 4. The Hall–Kier alpha value is -0.120. The topological polar surface area (TPSA) is 49.7 Å².